The summed E-state index contributed by atoms with van der Waals surface area (Å²) in [5, 5.41) is 3.42. The molecule has 6 heteroatoms. The third kappa shape index (κ3) is 5.66. The van der Waals surface area contributed by atoms with Crippen LogP contribution in [0.15, 0.2) is 23.2 Å². The van der Waals surface area contributed by atoms with Gasteiger partial charge in [-0.3, -0.25) is 0 Å². The molecule has 2 aliphatic heterocycles. The molecule has 1 aromatic carbocycles. The molecule has 150 valence electrons. The third-order valence-corrected chi connectivity index (χ3v) is 5.46. The number of guanidine groups is 1. The average molecular weight is 377 g/mol. The average Bonchev–Trinajstić information content (AvgIpc) is 3.34. The Hall–Kier alpha value is -1.66. The Kier molecular flexibility index (Phi) is 7.47. The summed E-state index contributed by atoms with van der Waals surface area (Å²) < 4.78 is 18.9. The van der Waals surface area contributed by atoms with E-state index in [1.807, 2.05) is 12.1 Å². The molecule has 0 aliphatic carbocycles. The van der Waals surface area contributed by atoms with E-state index in [4.69, 9.17) is 9.73 Å². The quantitative estimate of drug-likeness (QED) is 0.587. The number of ether oxygens (including phenoxy) is 1. The molecule has 3 rings (SSSR count). The van der Waals surface area contributed by atoms with E-state index in [0.29, 0.717) is 12.1 Å². The van der Waals surface area contributed by atoms with Crippen LogP contribution in [-0.4, -0.2) is 62.1 Å². The Labute approximate surface area is 162 Å². The van der Waals surface area contributed by atoms with Gasteiger partial charge in [-0.2, -0.15) is 0 Å². The van der Waals surface area contributed by atoms with Gasteiger partial charge in [-0.15, -0.1) is 0 Å². The van der Waals surface area contributed by atoms with Crippen molar-refractivity contribution in [2.45, 2.75) is 39.3 Å². The van der Waals surface area contributed by atoms with Crippen LogP contribution in [0.25, 0.3) is 0 Å². The van der Waals surface area contributed by atoms with Crippen LogP contribution in [0.2, 0.25) is 0 Å². The molecule has 1 atom stereocenters. The minimum Gasteiger partial charge on any atom is -0.380 e. The van der Waals surface area contributed by atoms with E-state index in [1.165, 1.54) is 45.0 Å². The predicted molar refractivity (Wildman–Crippen MR) is 107 cm³/mol. The third-order valence-electron chi connectivity index (χ3n) is 5.46. The number of halogens is 1. The highest BCUT2D eigenvalue weighted by atomic mass is 19.1. The minimum absolute atomic E-state index is 0.221. The molecule has 1 aromatic rings. The van der Waals surface area contributed by atoms with Crippen LogP contribution in [0.1, 0.15) is 37.3 Å². The maximum absolute atomic E-state index is 13.8. The number of likely N-dealkylation sites (tertiary alicyclic amines) is 2. The van der Waals surface area contributed by atoms with E-state index < -0.39 is 0 Å². The molecular formula is C21H33FN4O. The Morgan fingerprint density at radius 3 is 2.85 bits per heavy atom. The number of nitrogens with one attached hydrogen (secondary N) is 1. The summed E-state index contributed by atoms with van der Waals surface area (Å²) in [5.41, 5.74) is 1.59. The molecule has 0 aromatic heterocycles. The minimum atomic E-state index is -0.221. The fraction of sp³-hybridized carbons (Fsp3) is 0.667. The SMILES string of the molecule is CCNC(=NCc1ccc(F)c(COC)c1)N1CCC(CN2CCCC2)C1. The van der Waals surface area contributed by atoms with Gasteiger partial charge in [0.2, 0.25) is 0 Å². The highest BCUT2D eigenvalue weighted by Gasteiger charge is 2.27. The molecule has 0 radical (unpaired) electrons. The van der Waals surface area contributed by atoms with Crippen molar-refractivity contribution in [1.29, 1.82) is 0 Å². The van der Waals surface area contributed by atoms with Crippen molar-refractivity contribution >= 4 is 5.96 Å². The summed E-state index contributed by atoms with van der Waals surface area (Å²) in [6.45, 7) is 9.66. The number of nitrogens with zero attached hydrogens (tertiary/aromatic N) is 3. The first kappa shape index (κ1) is 20.1. The lowest BCUT2D eigenvalue weighted by atomic mass is 10.1. The van der Waals surface area contributed by atoms with Crippen LogP contribution in [0, 0.1) is 11.7 Å². The van der Waals surface area contributed by atoms with E-state index in [0.717, 1.165) is 37.1 Å². The molecule has 0 saturated carbocycles. The van der Waals surface area contributed by atoms with Gasteiger partial charge in [0.05, 0.1) is 13.2 Å². The predicted octanol–water partition coefficient (Wildman–Crippen LogP) is 2.86. The Balaban J connectivity index is 1.60. The second-order valence-corrected chi connectivity index (χ2v) is 7.64. The maximum atomic E-state index is 13.8. The summed E-state index contributed by atoms with van der Waals surface area (Å²) in [4.78, 5) is 9.80. The standard InChI is InChI=1S/C21H33FN4O/c1-3-23-21(24-13-17-6-7-20(22)19(12-17)16-27-2)26-11-8-18(15-26)14-25-9-4-5-10-25/h6-7,12,18H,3-5,8-11,13-16H2,1-2H3,(H,23,24). The maximum Gasteiger partial charge on any atom is 0.194 e. The van der Waals surface area contributed by atoms with Gasteiger partial charge in [0.15, 0.2) is 5.96 Å². The van der Waals surface area contributed by atoms with Gasteiger partial charge < -0.3 is 19.9 Å². The summed E-state index contributed by atoms with van der Waals surface area (Å²) >= 11 is 0. The lowest BCUT2D eigenvalue weighted by molar-refractivity contribution is 0.181. The van der Waals surface area contributed by atoms with Crippen LogP contribution in [-0.2, 0) is 17.9 Å². The fourth-order valence-corrected chi connectivity index (χ4v) is 4.09. The molecule has 1 unspecified atom stereocenters. The molecule has 1 N–H and O–H groups in total. The topological polar surface area (TPSA) is 40.1 Å². The van der Waals surface area contributed by atoms with Gasteiger partial charge in [-0.1, -0.05) is 6.07 Å². The van der Waals surface area contributed by atoms with Crippen molar-refractivity contribution < 1.29 is 9.13 Å². The molecule has 2 saturated heterocycles. The van der Waals surface area contributed by atoms with Crippen molar-refractivity contribution in [2.75, 3.05) is 46.4 Å². The Morgan fingerprint density at radius 1 is 1.30 bits per heavy atom. The van der Waals surface area contributed by atoms with Gasteiger partial charge >= 0.3 is 0 Å². The molecule has 2 heterocycles. The first-order chi connectivity index (χ1) is 13.2. The molecule has 2 aliphatic rings. The molecule has 2 fully saturated rings. The zero-order valence-corrected chi connectivity index (χ0v) is 16.7. The molecule has 0 spiro atoms. The van der Waals surface area contributed by atoms with Gasteiger partial charge in [-0.25, -0.2) is 9.38 Å². The molecular weight excluding hydrogens is 343 g/mol. The van der Waals surface area contributed by atoms with Crippen LogP contribution >= 0.6 is 0 Å². The second-order valence-electron chi connectivity index (χ2n) is 7.64. The van der Waals surface area contributed by atoms with Gasteiger partial charge in [0.1, 0.15) is 5.82 Å². The summed E-state index contributed by atoms with van der Waals surface area (Å²) in [6, 6.07) is 5.17. The van der Waals surface area contributed by atoms with Crippen LogP contribution in [0.5, 0.6) is 0 Å². The van der Waals surface area contributed by atoms with E-state index in [1.54, 1.807) is 7.11 Å². The van der Waals surface area contributed by atoms with Crippen LogP contribution < -0.4 is 5.32 Å². The first-order valence-corrected chi connectivity index (χ1v) is 10.2. The van der Waals surface area contributed by atoms with Gasteiger partial charge in [-0.05, 0) is 62.9 Å². The normalized spacial score (nSPS) is 21.2. The molecule has 0 bridgehead atoms. The number of rotatable bonds is 7. The lowest BCUT2D eigenvalue weighted by Gasteiger charge is -2.23. The number of methoxy groups -OCH3 is 1. The van der Waals surface area contributed by atoms with Gasteiger partial charge in [0.25, 0.3) is 0 Å². The van der Waals surface area contributed by atoms with Crippen molar-refractivity contribution in [3.63, 3.8) is 0 Å². The van der Waals surface area contributed by atoms with E-state index >= 15 is 0 Å². The summed E-state index contributed by atoms with van der Waals surface area (Å²) in [5.74, 6) is 1.48. The smallest absolute Gasteiger partial charge is 0.194 e. The van der Waals surface area contributed by atoms with Gasteiger partial charge in [0, 0.05) is 38.9 Å². The van der Waals surface area contributed by atoms with Crippen molar-refractivity contribution in [2.24, 2.45) is 10.9 Å². The number of benzene rings is 1. The van der Waals surface area contributed by atoms with E-state index in [2.05, 4.69) is 22.0 Å². The van der Waals surface area contributed by atoms with E-state index in [9.17, 15) is 4.39 Å². The highest BCUT2D eigenvalue weighted by molar-refractivity contribution is 5.80. The first-order valence-electron chi connectivity index (χ1n) is 10.2. The monoisotopic (exact) mass is 376 g/mol. The van der Waals surface area contributed by atoms with E-state index in [-0.39, 0.29) is 12.4 Å². The zero-order chi connectivity index (χ0) is 19.1. The zero-order valence-electron chi connectivity index (χ0n) is 16.7. The van der Waals surface area contributed by atoms with Crippen molar-refractivity contribution in [1.82, 2.24) is 15.1 Å². The number of aliphatic imine (C=N–C) groups is 1. The lowest BCUT2D eigenvalue weighted by Crippen LogP contribution is -2.40. The Bertz CT molecular complexity index is 631. The fourth-order valence-electron chi connectivity index (χ4n) is 4.09. The second kappa shape index (κ2) is 10.0. The molecule has 27 heavy (non-hydrogen) atoms. The molecule has 0 amide bonds. The van der Waals surface area contributed by atoms with Crippen molar-refractivity contribution in [3.05, 3.63) is 35.1 Å². The van der Waals surface area contributed by atoms with Crippen LogP contribution in [0.3, 0.4) is 0 Å². The number of hydrogen-bond acceptors (Lipinski definition) is 3. The number of hydrogen-bond donors (Lipinski definition) is 1. The summed E-state index contributed by atoms with van der Waals surface area (Å²) in [6.07, 6.45) is 3.93. The summed E-state index contributed by atoms with van der Waals surface area (Å²) in [7, 11) is 1.58. The highest BCUT2D eigenvalue weighted by Crippen LogP contribution is 2.20. The largest absolute Gasteiger partial charge is 0.380 e. The van der Waals surface area contributed by atoms with Crippen LogP contribution in [0.4, 0.5) is 4.39 Å². The molecule has 5 nitrogen and oxygen atoms in total. The van der Waals surface area contributed by atoms with Crippen molar-refractivity contribution in [3.8, 4) is 0 Å². The Morgan fingerprint density at radius 2 is 2.11 bits per heavy atom.